The molecule has 3 nitrogen and oxygen atoms in total. The van der Waals surface area contributed by atoms with E-state index >= 15 is 0 Å². The van der Waals surface area contributed by atoms with E-state index in [2.05, 4.69) is 142 Å². The van der Waals surface area contributed by atoms with Crippen molar-refractivity contribution in [2.45, 2.75) is 38.5 Å². The first-order chi connectivity index (χ1) is 20.6. The van der Waals surface area contributed by atoms with E-state index < -0.39 is 7.25 Å². The average molecular weight is 595 g/mol. The summed E-state index contributed by atoms with van der Waals surface area (Å²) >= 11 is 0. The number of likely N-dealkylation sites (N-methyl/N-ethyl adjacent to an activating group) is 1. The van der Waals surface area contributed by atoms with Crippen LogP contribution in [0.25, 0.3) is 0 Å². The zero-order valence-electron chi connectivity index (χ0n) is 25.7. The van der Waals surface area contributed by atoms with Crippen LogP contribution in [-0.4, -0.2) is 31.6 Å². The van der Waals surface area contributed by atoms with Crippen molar-refractivity contribution in [3.8, 4) is 17.9 Å². The number of hydrogen-bond donors (Lipinski definition) is 0. The summed E-state index contributed by atoms with van der Waals surface area (Å²) in [5, 5.41) is 9.13. The van der Waals surface area contributed by atoms with E-state index in [1.165, 1.54) is 33.9 Å². The minimum Gasteiger partial charge on any atom is -0.418 e. The predicted octanol–water partition coefficient (Wildman–Crippen LogP) is 8.71. The van der Waals surface area contributed by atoms with Gasteiger partial charge in [-0.25, -0.2) is 0 Å². The van der Waals surface area contributed by atoms with Crippen molar-refractivity contribution in [1.29, 1.82) is 5.26 Å². The molecule has 0 spiro atoms. The van der Waals surface area contributed by atoms with Gasteiger partial charge in [0.2, 0.25) is 5.69 Å². The summed E-state index contributed by atoms with van der Waals surface area (Å²) in [5.41, 5.74) is 9.81. The molecular formula is C36H34BF4N3. The number of halogens is 4. The number of benzene rings is 3. The Labute approximate surface area is 257 Å². The minimum absolute atomic E-state index is 0.110. The molecule has 2 heterocycles. The molecule has 0 fully saturated rings. The van der Waals surface area contributed by atoms with E-state index in [1.807, 2.05) is 24.3 Å². The Kier molecular flexibility index (Phi) is 9.07. The maximum Gasteiger partial charge on any atom is 0.673 e. The normalized spacial score (nSPS) is 17.4. The van der Waals surface area contributed by atoms with Crippen LogP contribution in [0.4, 0.5) is 28.6 Å². The van der Waals surface area contributed by atoms with Crippen molar-refractivity contribution >= 4 is 24.3 Å². The summed E-state index contributed by atoms with van der Waals surface area (Å²) < 4.78 is 41.3. The van der Waals surface area contributed by atoms with Gasteiger partial charge in [0.25, 0.3) is 0 Å². The highest BCUT2D eigenvalue weighted by atomic mass is 19.5. The molecule has 0 unspecified atom stereocenters. The second-order valence-corrected chi connectivity index (χ2v) is 11.7. The summed E-state index contributed by atoms with van der Waals surface area (Å²) in [6, 6.07) is 26.8. The van der Waals surface area contributed by atoms with Crippen LogP contribution in [0.3, 0.4) is 0 Å². The summed E-state index contributed by atoms with van der Waals surface area (Å²) in [5.74, 6) is 6.69. The Balaban J connectivity index is 0.000000818. The Morgan fingerprint density at radius 1 is 0.841 bits per heavy atom. The van der Waals surface area contributed by atoms with Crippen LogP contribution in [0.15, 0.2) is 108 Å². The van der Waals surface area contributed by atoms with Gasteiger partial charge in [0, 0.05) is 52.7 Å². The first-order valence-corrected chi connectivity index (χ1v) is 14.2. The molecule has 2 aliphatic heterocycles. The second-order valence-electron chi connectivity index (χ2n) is 11.7. The highest BCUT2D eigenvalue weighted by Gasteiger charge is 2.42. The van der Waals surface area contributed by atoms with Crippen molar-refractivity contribution in [2.75, 3.05) is 19.0 Å². The number of anilines is 1. The lowest BCUT2D eigenvalue weighted by Crippen LogP contribution is -2.26. The zero-order chi connectivity index (χ0) is 32.3. The van der Waals surface area contributed by atoms with E-state index in [9.17, 15) is 17.3 Å². The van der Waals surface area contributed by atoms with Gasteiger partial charge in [0.05, 0.1) is 17.0 Å². The molecule has 3 aromatic rings. The lowest BCUT2D eigenvalue weighted by molar-refractivity contribution is -0.401. The maximum absolute atomic E-state index is 9.75. The monoisotopic (exact) mass is 595 g/mol. The van der Waals surface area contributed by atoms with E-state index in [0.717, 1.165) is 11.1 Å². The Bertz CT molecular complexity index is 1790. The molecule has 0 saturated carbocycles. The topological polar surface area (TPSA) is 30.0 Å². The van der Waals surface area contributed by atoms with Gasteiger partial charge in [-0.05, 0) is 68.0 Å². The first kappa shape index (κ1) is 32.1. The predicted molar refractivity (Wildman–Crippen MR) is 172 cm³/mol. The molecule has 44 heavy (non-hydrogen) atoms. The fourth-order valence-electron chi connectivity index (χ4n) is 5.85. The fourth-order valence-corrected chi connectivity index (χ4v) is 5.85. The standard InChI is InChI=1S/C36H34N3.BF4/c1-35(2)29-11-7-9-13-31(29)38(5)33(35)23-21-27(16-15-26-17-19-28(25-37)20-18-26)22-24-34-36(3,4)30-12-8-10-14-32(30)39(34)6;2-1(3,4)5/h7-14,17-24H,1-6H3;/q+1;-1. The van der Waals surface area contributed by atoms with Crippen LogP contribution in [-0.2, 0) is 10.8 Å². The van der Waals surface area contributed by atoms with Gasteiger partial charge < -0.3 is 22.2 Å². The average Bonchev–Trinajstić information content (AvgIpc) is 3.29. The smallest absolute Gasteiger partial charge is 0.418 e. The van der Waals surface area contributed by atoms with Gasteiger partial charge in [0.15, 0.2) is 5.71 Å². The third-order valence-electron chi connectivity index (χ3n) is 8.09. The van der Waals surface area contributed by atoms with Crippen LogP contribution >= 0.6 is 0 Å². The van der Waals surface area contributed by atoms with Gasteiger partial charge >= 0.3 is 7.25 Å². The summed E-state index contributed by atoms with van der Waals surface area (Å²) in [7, 11) is -1.73. The van der Waals surface area contributed by atoms with Crippen LogP contribution in [0.2, 0.25) is 0 Å². The van der Waals surface area contributed by atoms with E-state index in [-0.39, 0.29) is 10.8 Å². The second kappa shape index (κ2) is 12.4. The van der Waals surface area contributed by atoms with Crippen LogP contribution in [0.1, 0.15) is 49.9 Å². The molecule has 0 N–H and O–H groups in total. The van der Waals surface area contributed by atoms with Gasteiger partial charge in [-0.3, -0.25) is 0 Å². The van der Waals surface area contributed by atoms with Gasteiger partial charge in [-0.2, -0.15) is 9.84 Å². The third-order valence-corrected chi connectivity index (χ3v) is 8.09. The van der Waals surface area contributed by atoms with Gasteiger partial charge in [0.1, 0.15) is 7.05 Å². The van der Waals surface area contributed by atoms with Crippen LogP contribution in [0.5, 0.6) is 0 Å². The molecule has 5 rings (SSSR count). The fraction of sp³-hybridized carbons (Fsp3) is 0.222. The number of hydrogen-bond acceptors (Lipinski definition) is 2. The molecule has 0 saturated heterocycles. The van der Waals surface area contributed by atoms with Crippen LogP contribution < -0.4 is 4.90 Å². The molecule has 0 radical (unpaired) electrons. The minimum atomic E-state index is -6.00. The number of fused-ring (bicyclic) bond motifs is 2. The first-order valence-electron chi connectivity index (χ1n) is 14.2. The number of nitrogens with zero attached hydrogens (tertiary/aromatic N) is 3. The molecule has 2 aliphatic rings. The lowest BCUT2D eigenvalue weighted by Gasteiger charge is -2.23. The van der Waals surface area contributed by atoms with Crippen LogP contribution in [0, 0.1) is 23.2 Å². The highest BCUT2D eigenvalue weighted by molar-refractivity contribution is 6.50. The molecule has 224 valence electrons. The van der Waals surface area contributed by atoms with Crippen molar-refractivity contribution in [2.24, 2.45) is 0 Å². The Morgan fingerprint density at radius 2 is 1.41 bits per heavy atom. The van der Waals surface area contributed by atoms with Crippen molar-refractivity contribution < 1.29 is 21.8 Å². The van der Waals surface area contributed by atoms with E-state index in [0.29, 0.717) is 5.56 Å². The molecule has 3 aromatic carbocycles. The molecular weight excluding hydrogens is 561 g/mol. The molecule has 0 aliphatic carbocycles. The maximum atomic E-state index is 9.75. The molecule has 0 bridgehead atoms. The summed E-state index contributed by atoms with van der Waals surface area (Å²) in [6.07, 6.45) is 8.66. The quantitative estimate of drug-likeness (QED) is 0.0997. The summed E-state index contributed by atoms with van der Waals surface area (Å²) in [6.45, 7) is 9.10. The van der Waals surface area contributed by atoms with Crippen molar-refractivity contribution in [3.05, 3.63) is 131 Å². The van der Waals surface area contributed by atoms with Gasteiger partial charge in [-0.15, -0.1) is 0 Å². The lowest BCUT2D eigenvalue weighted by atomic mass is 9.81. The molecule has 0 amide bonds. The van der Waals surface area contributed by atoms with E-state index in [1.54, 1.807) is 0 Å². The molecule has 0 aromatic heterocycles. The Morgan fingerprint density at radius 3 is 2.00 bits per heavy atom. The number of para-hydroxylation sites is 2. The van der Waals surface area contributed by atoms with Crippen molar-refractivity contribution in [3.63, 3.8) is 0 Å². The summed E-state index contributed by atoms with van der Waals surface area (Å²) in [4.78, 5) is 2.28. The molecule has 0 atom stereocenters. The zero-order valence-corrected chi connectivity index (χ0v) is 25.7. The van der Waals surface area contributed by atoms with Crippen molar-refractivity contribution in [1.82, 2.24) is 0 Å². The number of rotatable bonds is 3. The van der Waals surface area contributed by atoms with E-state index in [4.69, 9.17) is 5.26 Å². The molecule has 8 heteroatoms. The Hall–Kier alpha value is -4.82. The third kappa shape index (κ3) is 6.87. The largest absolute Gasteiger partial charge is 0.673 e. The SMILES string of the molecule is CN1/C(=C/C=C(C#Cc2ccc(C#N)cc2)/C=C/C2=[N+](C)c3ccccc3C2(C)C)C(C)(C)c2ccccc21.F[B-](F)(F)F. The highest BCUT2D eigenvalue weighted by Crippen LogP contribution is 2.46. The van der Waals surface area contributed by atoms with Gasteiger partial charge in [-0.1, -0.05) is 62.1 Å². The number of allylic oxidation sites excluding steroid dienone is 6. The number of nitriles is 1.